The third-order valence-corrected chi connectivity index (χ3v) is 4.28. The van der Waals surface area contributed by atoms with Crippen molar-refractivity contribution in [3.8, 4) is 23.1 Å². The van der Waals surface area contributed by atoms with Crippen LogP contribution in [0.3, 0.4) is 0 Å². The molecule has 122 valence electrons. The van der Waals surface area contributed by atoms with Gasteiger partial charge in [0.1, 0.15) is 11.9 Å². The molecule has 6 nitrogen and oxygen atoms in total. The summed E-state index contributed by atoms with van der Waals surface area (Å²) in [5.41, 5.74) is 1.90. The second-order valence-corrected chi connectivity index (χ2v) is 5.80. The fourth-order valence-corrected chi connectivity index (χ4v) is 2.88. The van der Waals surface area contributed by atoms with Crippen LogP contribution in [0.15, 0.2) is 12.3 Å². The minimum Gasteiger partial charge on any atom is -0.480 e. The maximum absolute atomic E-state index is 13.4. The first-order chi connectivity index (χ1) is 11.0. The lowest BCUT2D eigenvalue weighted by Gasteiger charge is -2.09. The van der Waals surface area contributed by atoms with Crippen LogP contribution in [0.25, 0.3) is 11.3 Å². The molecule has 3 rings (SSSR count). The van der Waals surface area contributed by atoms with Crippen LogP contribution in [0.5, 0.6) is 11.9 Å². The Morgan fingerprint density at radius 3 is 2.70 bits per heavy atom. The van der Waals surface area contributed by atoms with Gasteiger partial charge in [-0.05, 0) is 36.8 Å². The molecule has 1 aliphatic rings. The van der Waals surface area contributed by atoms with E-state index in [1.165, 1.54) is 14.2 Å². The number of halogens is 2. The summed E-state index contributed by atoms with van der Waals surface area (Å²) in [7, 11) is 2.97. The first kappa shape index (κ1) is 15.9. The quantitative estimate of drug-likeness (QED) is 0.834. The summed E-state index contributed by atoms with van der Waals surface area (Å²) >= 11 is 6.13. The number of methoxy groups -OCH3 is 2. The summed E-state index contributed by atoms with van der Waals surface area (Å²) in [6.45, 7) is 1.56. The molecule has 2 aromatic heterocycles. The Hall–Kier alpha value is -2.02. The molecule has 0 radical (unpaired) electrons. The highest BCUT2D eigenvalue weighted by Gasteiger charge is 2.44. The zero-order valence-electron chi connectivity index (χ0n) is 13.0. The summed E-state index contributed by atoms with van der Waals surface area (Å²) in [4.78, 5) is 8.19. The van der Waals surface area contributed by atoms with Gasteiger partial charge in [-0.2, -0.15) is 4.98 Å². The summed E-state index contributed by atoms with van der Waals surface area (Å²) in [6, 6.07) is 2.00. The van der Waals surface area contributed by atoms with Crippen molar-refractivity contribution in [1.82, 2.24) is 20.2 Å². The van der Waals surface area contributed by atoms with Gasteiger partial charge in [0.2, 0.25) is 5.88 Å². The van der Waals surface area contributed by atoms with Crippen LogP contribution in [0.1, 0.15) is 24.8 Å². The SMILES string of the molecule is COc1ncc(-c2cc([C@H]3C[C@@H]3[C@H](C)F)c(Cl)nn2)c(OC)n1. The zero-order valence-corrected chi connectivity index (χ0v) is 13.7. The number of rotatable bonds is 5. The second kappa shape index (κ2) is 6.23. The molecule has 0 N–H and O–H groups in total. The van der Waals surface area contributed by atoms with Gasteiger partial charge in [-0.25, -0.2) is 9.37 Å². The highest BCUT2D eigenvalue weighted by molar-refractivity contribution is 6.30. The number of aromatic nitrogens is 4. The van der Waals surface area contributed by atoms with E-state index < -0.39 is 6.17 Å². The van der Waals surface area contributed by atoms with E-state index in [4.69, 9.17) is 21.1 Å². The minimum atomic E-state index is -0.869. The Morgan fingerprint density at radius 1 is 1.30 bits per heavy atom. The van der Waals surface area contributed by atoms with Gasteiger partial charge in [0.05, 0.1) is 19.8 Å². The molecule has 0 amide bonds. The van der Waals surface area contributed by atoms with E-state index in [0.717, 1.165) is 12.0 Å². The summed E-state index contributed by atoms with van der Waals surface area (Å²) in [5.74, 6) is 0.381. The molecule has 2 aromatic rings. The van der Waals surface area contributed by atoms with Gasteiger partial charge in [0, 0.05) is 6.20 Å². The molecule has 0 bridgehead atoms. The van der Waals surface area contributed by atoms with Gasteiger partial charge in [0.25, 0.3) is 0 Å². The van der Waals surface area contributed by atoms with Gasteiger partial charge < -0.3 is 9.47 Å². The lowest BCUT2D eigenvalue weighted by atomic mass is 10.1. The first-order valence-electron chi connectivity index (χ1n) is 7.17. The van der Waals surface area contributed by atoms with E-state index in [0.29, 0.717) is 22.3 Å². The maximum atomic E-state index is 13.4. The molecular weight excluding hydrogens is 323 g/mol. The number of nitrogens with zero attached hydrogens (tertiary/aromatic N) is 4. The molecule has 0 spiro atoms. The zero-order chi connectivity index (χ0) is 16.6. The Bertz CT molecular complexity index is 729. The van der Waals surface area contributed by atoms with Crippen LogP contribution in [-0.2, 0) is 0 Å². The largest absolute Gasteiger partial charge is 0.480 e. The van der Waals surface area contributed by atoms with Gasteiger partial charge >= 0.3 is 6.01 Å². The van der Waals surface area contributed by atoms with Crippen molar-refractivity contribution in [3.63, 3.8) is 0 Å². The van der Waals surface area contributed by atoms with Crippen LogP contribution in [0.4, 0.5) is 4.39 Å². The van der Waals surface area contributed by atoms with E-state index in [-0.39, 0.29) is 17.8 Å². The van der Waals surface area contributed by atoms with Gasteiger partial charge in [-0.3, -0.25) is 0 Å². The number of hydrogen-bond donors (Lipinski definition) is 0. The molecule has 0 unspecified atom stereocenters. The minimum absolute atomic E-state index is 0.0152. The molecule has 23 heavy (non-hydrogen) atoms. The lowest BCUT2D eigenvalue weighted by Crippen LogP contribution is -2.02. The molecule has 1 saturated carbocycles. The van der Waals surface area contributed by atoms with E-state index in [9.17, 15) is 4.39 Å². The molecule has 0 saturated heterocycles. The van der Waals surface area contributed by atoms with Crippen molar-refractivity contribution < 1.29 is 13.9 Å². The van der Waals surface area contributed by atoms with Crippen LogP contribution in [0, 0.1) is 5.92 Å². The molecule has 1 fully saturated rings. The molecule has 2 heterocycles. The van der Waals surface area contributed by atoms with Crippen LogP contribution in [-0.4, -0.2) is 40.6 Å². The topological polar surface area (TPSA) is 70.0 Å². The van der Waals surface area contributed by atoms with E-state index in [1.54, 1.807) is 19.2 Å². The van der Waals surface area contributed by atoms with Crippen molar-refractivity contribution in [2.24, 2.45) is 5.92 Å². The van der Waals surface area contributed by atoms with Crippen molar-refractivity contribution in [1.29, 1.82) is 0 Å². The summed E-state index contributed by atoms with van der Waals surface area (Å²) in [6.07, 6.45) is 1.44. The van der Waals surface area contributed by atoms with Gasteiger partial charge in [0.15, 0.2) is 5.15 Å². The molecule has 0 aliphatic heterocycles. The Kier molecular flexibility index (Phi) is 4.30. The Morgan fingerprint density at radius 2 is 2.09 bits per heavy atom. The number of hydrogen-bond acceptors (Lipinski definition) is 6. The van der Waals surface area contributed by atoms with Crippen LogP contribution in [0.2, 0.25) is 5.15 Å². The molecule has 0 aromatic carbocycles. The third kappa shape index (κ3) is 3.06. The molecule has 1 aliphatic carbocycles. The third-order valence-electron chi connectivity index (χ3n) is 3.99. The standard InChI is InChI=1S/C15H16ClFN4O2/c1-7(17)8-4-9(8)10-5-12(20-21-13(10)16)11-6-18-15(23-3)19-14(11)22-2/h5-9H,4H2,1-3H3/t7-,8+,9-/m0/s1. The predicted molar refractivity (Wildman–Crippen MR) is 82.6 cm³/mol. The van der Waals surface area contributed by atoms with E-state index in [2.05, 4.69) is 20.2 Å². The smallest absolute Gasteiger partial charge is 0.319 e. The van der Waals surface area contributed by atoms with E-state index in [1.807, 2.05) is 0 Å². The van der Waals surface area contributed by atoms with Crippen molar-refractivity contribution in [2.75, 3.05) is 14.2 Å². The normalized spacial score (nSPS) is 20.9. The summed E-state index contributed by atoms with van der Waals surface area (Å²) in [5, 5.41) is 8.36. The lowest BCUT2D eigenvalue weighted by molar-refractivity contribution is 0.319. The summed E-state index contributed by atoms with van der Waals surface area (Å²) < 4.78 is 23.7. The average molecular weight is 339 g/mol. The second-order valence-electron chi connectivity index (χ2n) is 5.44. The highest BCUT2D eigenvalue weighted by atomic mass is 35.5. The fourth-order valence-electron chi connectivity index (χ4n) is 2.64. The van der Waals surface area contributed by atoms with Crippen molar-refractivity contribution >= 4 is 11.6 Å². The predicted octanol–water partition coefficient (Wildman–Crippen LogP) is 3.07. The van der Waals surface area contributed by atoms with Crippen molar-refractivity contribution in [3.05, 3.63) is 23.0 Å². The molecular formula is C15H16ClFN4O2. The fraction of sp³-hybridized carbons (Fsp3) is 0.467. The first-order valence-corrected chi connectivity index (χ1v) is 7.55. The van der Waals surface area contributed by atoms with Crippen LogP contribution < -0.4 is 9.47 Å². The van der Waals surface area contributed by atoms with Crippen LogP contribution >= 0.6 is 11.6 Å². The van der Waals surface area contributed by atoms with Gasteiger partial charge in [-0.15, -0.1) is 10.2 Å². The Labute approximate surface area is 138 Å². The molecule has 3 atom stereocenters. The average Bonchev–Trinajstić information content (AvgIpc) is 3.35. The monoisotopic (exact) mass is 338 g/mol. The van der Waals surface area contributed by atoms with E-state index >= 15 is 0 Å². The molecule has 8 heteroatoms. The number of alkyl halides is 1. The van der Waals surface area contributed by atoms with Gasteiger partial charge in [-0.1, -0.05) is 11.6 Å². The number of ether oxygens (including phenoxy) is 2. The maximum Gasteiger partial charge on any atom is 0.319 e. The van der Waals surface area contributed by atoms with Crippen molar-refractivity contribution in [2.45, 2.75) is 25.4 Å². The Balaban J connectivity index is 1.98. The highest BCUT2D eigenvalue weighted by Crippen LogP contribution is 2.52.